The Morgan fingerprint density at radius 2 is 1.57 bits per heavy atom. The highest BCUT2D eigenvalue weighted by atomic mass is 16.6. The molecule has 228 valence electrons. The van der Waals surface area contributed by atoms with Crippen molar-refractivity contribution in [3.8, 4) is 0 Å². The van der Waals surface area contributed by atoms with E-state index >= 15 is 0 Å². The maximum atomic E-state index is 13.6. The van der Waals surface area contributed by atoms with Crippen molar-refractivity contribution in [1.82, 2.24) is 14.9 Å². The van der Waals surface area contributed by atoms with Gasteiger partial charge in [0, 0.05) is 39.3 Å². The van der Waals surface area contributed by atoms with Crippen molar-refractivity contribution < 1.29 is 19.4 Å². The molecule has 5 rings (SSSR count). The van der Waals surface area contributed by atoms with E-state index in [2.05, 4.69) is 20.4 Å². The Balaban J connectivity index is 1.28. The number of pyridine rings is 2. The second-order valence-electron chi connectivity index (χ2n) is 13.5. The number of anilines is 4. The minimum absolute atomic E-state index is 0.0451. The SMILES string of the molecule is CC(C)(CO)Nc1ccc(C(=O)Nc2cccc(N3CCN(C(=O)OC(C)(C)C)CC3)n2)c(N2CCC3(CC2)CC3)n1. The quantitative estimate of drug-likeness (QED) is 0.439. The molecule has 2 amide bonds. The summed E-state index contributed by atoms with van der Waals surface area (Å²) >= 11 is 0. The summed E-state index contributed by atoms with van der Waals surface area (Å²) in [6, 6.07) is 9.16. The Bertz CT molecular complexity index is 1290. The highest BCUT2D eigenvalue weighted by molar-refractivity contribution is 6.07. The predicted molar refractivity (Wildman–Crippen MR) is 164 cm³/mol. The summed E-state index contributed by atoms with van der Waals surface area (Å²) in [6.07, 6.45) is 4.51. The lowest BCUT2D eigenvalue weighted by Gasteiger charge is -2.36. The second kappa shape index (κ2) is 11.6. The Kier molecular flexibility index (Phi) is 8.24. The third kappa shape index (κ3) is 7.24. The van der Waals surface area contributed by atoms with Crippen LogP contribution in [-0.4, -0.2) is 89.0 Å². The molecule has 11 heteroatoms. The van der Waals surface area contributed by atoms with Gasteiger partial charge in [0.05, 0.1) is 17.7 Å². The van der Waals surface area contributed by atoms with Crippen molar-refractivity contribution in [1.29, 1.82) is 0 Å². The van der Waals surface area contributed by atoms with E-state index in [1.165, 1.54) is 12.8 Å². The maximum absolute atomic E-state index is 13.6. The minimum Gasteiger partial charge on any atom is -0.444 e. The summed E-state index contributed by atoms with van der Waals surface area (Å²) < 4.78 is 5.51. The van der Waals surface area contributed by atoms with Gasteiger partial charge in [0.2, 0.25) is 0 Å². The van der Waals surface area contributed by atoms with Crippen LogP contribution in [0.25, 0.3) is 0 Å². The van der Waals surface area contributed by atoms with Gasteiger partial charge in [0.15, 0.2) is 0 Å². The van der Waals surface area contributed by atoms with Crippen LogP contribution in [0.4, 0.5) is 28.1 Å². The molecular formula is C31H45N7O4. The minimum atomic E-state index is -0.545. The van der Waals surface area contributed by atoms with Crippen LogP contribution < -0.4 is 20.4 Å². The topological polar surface area (TPSA) is 123 Å². The molecule has 1 aliphatic carbocycles. The summed E-state index contributed by atoms with van der Waals surface area (Å²) in [5.74, 6) is 2.20. The average Bonchev–Trinajstić information content (AvgIpc) is 3.71. The van der Waals surface area contributed by atoms with Crippen molar-refractivity contribution in [2.24, 2.45) is 5.41 Å². The van der Waals surface area contributed by atoms with Gasteiger partial charge in [0.1, 0.15) is 28.9 Å². The summed E-state index contributed by atoms with van der Waals surface area (Å²) in [5, 5.41) is 16.0. The van der Waals surface area contributed by atoms with Crippen LogP contribution in [0, 0.1) is 5.41 Å². The number of aromatic nitrogens is 2. The highest BCUT2D eigenvalue weighted by Crippen LogP contribution is 2.54. The molecule has 2 aliphatic heterocycles. The molecule has 1 saturated carbocycles. The van der Waals surface area contributed by atoms with Crippen LogP contribution in [0.3, 0.4) is 0 Å². The van der Waals surface area contributed by atoms with Gasteiger partial charge in [-0.2, -0.15) is 0 Å². The molecule has 42 heavy (non-hydrogen) atoms. The number of piperidine rings is 1. The fourth-order valence-electron chi connectivity index (χ4n) is 5.49. The first-order chi connectivity index (χ1) is 19.9. The highest BCUT2D eigenvalue weighted by Gasteiger charge is 2.45. The van der Waals surface area contributed by atoms with Gasteiger partial charge < -0.3 is 35.2 Å². The van der Waals surface area contributed by atoms with E-state index in [4.69, 9.17) is 14.7 Å². The molecule has 3 N–H and O–H groups in total. The predicted octanol–water partition coefficient (Wildman–Crippen LogP) is 4.35. The van der Waals surface area contributed by atoms with Crippen molar-refractivity contribution in [3.05, 3.63) is 35.9 Å². The fourth-order valence-corrected chi connectivity index (χ4v) is 5.49. The molecule has 1 spiro atoms. The van der Waals surface area contributed by atoms with Crippen LogP contribution in [0.5, 0.6) is 0 Å². The van der Waals surface area contributed by atoms with Gasteiger partial charge in [-0.1, -0.05) is 6.07 Å². The van der Waals surface area contributed by atoms with E-state index in [1.54, 1.807) is 23.1 Å². The van der Waals surface area contributed by atoms with E-state index in [9.17, 15) is 14.7 Å². The van der Waals surface area contributed by atoms with Gasteiger partial charge in [0.25, 0.3) is 5.91 Å². The van der Waals surface area contributed by atoms with E-state index in [1.807, 2.05) is 46.8 Å². The number of aliphatic hydroxyl groups excluding tert-OH is 1. The first-order valence-corrected chi connectivity index (χ1v) is 15.0. The molecule has 0 radical (unpaired) electrons. The van der Waals surface area contributed by atoms with Crippen LogP contribution in [0.2, 0.25) is 0 Å². The van der Waals surface area contributed by atoms with Crippen LogP contribution >= 0.6 is 0 Å². The summed E-state index contributed by atoms with van der Waals surface area (Å²) in [7, 11) is 0. The number of aliphatic hydroxyl groups is 1. The standard InChI is InChI=1S/C31H45N7O4/c1-29(2,3)42-28(41)38-19-17-36(18-20-38)25-8-6-7-23(32-25)34-27(40)22-9-10-24(35-30(4,5)21-39)33-26(22)37-15-13-31(11-12-31)14-16-37/h6-10,39H,11-21H2,1-5H3,(H,33,35)(H,32,34,40). The number of piperazine rings is 1. The zero-order valence-corrected chi connectivity index (χ0v) is 25.6. The largest absolute Gasteiger partial charge is 0.444 e. The normalized spacial score (nSPS) is 18.6. The number of rotatable bonds is 7. The zero-order valence-electron chi connectivity index (χ0n) is 25.6. The maximum Gasteiger partial charge on any atom is 0.410 e. The Morgan fingerprint density at radius 3 is 2.19 bits per heavy atom. The molecule has 2 aromatic rings. The smallest absolute Gasteiger partial charge is 0.410 e. The van der Waals surface area contributed by atoms with Crippen molar-refractivity contribution in [3.63, 3.8) is 0 Å². The molecule has 0 bridgehead atoms. The van der Waals surface area contributed by atoms with Crippen molar-refractivity contribution in [2.45, 2.75) is 71.4 Å². The fraction of sp³-hybridized carbons (Fsp3) is 0.613. The van der Waals surface area contributed by atoms with Crippen LogP contribution in [0.1, 0.15) is 70.7 Å². The van der Waals surface area contributed by atoms with E-state index in [0.717, 1.165) is 31.7 Å². The molecule has 3 fully saturated rings. The Morgan fingerprint density at radius 1 is 0.881 bits per heavy atom. The number of nitrogens with zero attached hydrogens (tertiary/aromatic N) is 5. The lowest BCUT2D eigenvalue weighted by atomic mass is 9.93. The molecule has 2 saturated heterocycles. The van der Waals surface area contributed by atoms with Gasteiger partial charge in [-0.25, -0.2) is 14.8 Å². The molecule has 2 aromatic heterocycles. The molecule has 3 aliphatic rings. The lowest BCUT2D eigenvalue weighted by molar-refractivity contribution is 0.0240. The van der Waals surface area contributed by atoms with Crippen LogP contribution in [0.15, 0.2) is 30.3 Å². The van der Waals surface area contributed by atoms with E-state index in [0.29, 0.717) is 54.6 Å². The van der Waals surface area contributed by atoms with Gasteiger partial charge in [-0.05, 0) is 90.0 Å². The number of hydrogen-bond acceptors (Lipinski definition) is 9. The third-order valence-corrected chi connectivity index (χ3v) is 8.29. The lowest BCUT2D eigenvalue weighted by Crippen LogP contribution is -2.50. The molecular weight excluding hydrogens is 534 g/mol. The first kappa shape index (κ1) is 29.9. The average molecular weight is 580 g/mol. The Hall–Kier alpha value is -3.60. The number of amides is 2. The number of ether oxygens (including phenoxy) is 1. The van der Waals surface area contributed by atoms with Gasteiger partial charge >= 0.3 is 6.09 Å². The molecule has 0 atom stereocenters. The molecule has 0 unspecified atom stereocenters. The number of carbonyl (C=O) groups excluding carboxylic acids is 2. The monoisotopic (exact) mass is 579 g/mol. The molecule has 4 heterocycles. The summed E-state index contributed by atoms with van der Waals surface area (Å²) in [4.78, 5) is 41.7. The third-order valence-electron chi connectivity index (χ3n) is 8.29. The summed E-state index contributed by atoms with van der Waals surface area (Å²) in [6.45, 7) is 13.4. The number of hydrogen-bond donors (Lipinski definition) is 3. The van der Waals surface area contributed by atoms with E-state index in [-0.39, 0.29) is 18.6 Å². The zero-order chi connectivity index (χ0) is 30.1. The molecule has 11 nitrogen and oxygen atoms in total. The van der Waals surface area contributed by atoms with Crippen molar-refractivity contribution in [2.75, 3.05) is 66.3 Å². The Labute approximate surface area is 248 Å². The number of carbonyl (C=O) groups is 2. The van der Waals surface area contributed by atoms with Gasteiger partial charge in [-0.15, -0.1) is 0 Å². The van der Waals surface area contributed by atoms with Gasteiger partial charge in [-0.3, -0.25) is 4.79 Å². The second-order valence-corrected chi connectivity index (χ2v) is 13.5. The van der Waals surface area contributed by atoms with Crippen molar-refractivity contribution >= 4 is 35.3 Å². The number of nitrogens with one attached hydrogen (secondary N) is 2. The first-order valence-electron chi connectivity index (χ1n) is 15.0. The molecule has 0 aromatic carbocycles. The van der Waals surface area contributed by atoms with Crippen LogP contribution in [-0.2, 0) is 4.74 Å². The van der Waals surface area contributed by atoms with E-state index < -0.39 is 11.1 Å². The summed E-state index contributed by atoms with van der Waals surface area (Å²) in [5.41, 5.74) is -0.0854.